The third-order valence-electron chi connectivity index (χ3n) is 5.15. The molecule has 1 aliphatic rings. The highest BCUT2D eigenvalue weighted by atomic mass is 16.3. The lowest BCUT2D eigenvalue weighted by Crippen LogP contribution is -2.33. The molecule has 0 spiro atoms. The number of benzene rings is 2. The van der Waals surface area contributed by atoms with Gasteiger partial charge in [0.05, 0.1) is 24.0 Å². The van der Waals surface area contributed by atoms with Crippen molar-refractivity contribution in [2.45, 2.75) is 18.6 Å². The second kappa shape index (κ2) is 7.92. The predicted octanol–water partition coefficient (Wildman–Crippen LogP) is 1.47. The third-order valence-corrected chi connectivity index (χ3v) is 5.15. The molecule has 2 amide bonds. The molecule has 0 aliphatic heterocycles. The van der Waals surface area contributed by atoms with Crippen LogP contribution in [0.25, 0.3) is 11.3 Å². The molecule has 0 unspecified atom stereocenters. The summed E-state index contributed by atoms with van der Waals surface area (Å²) in [5.74, 6) is -0.724. The predicted molar refractivity (Wildman–Crippen MR) is 112 cm³/mol. The maximum absolute atomic E-state index is 12.9. The highest BCUT2D eigenvalue weighted by molar-refractivity contribution is 5.97. The quantitative estimate of drug-likeness (QED) is 0.522. The fourth-order valence-electron chi connectivity index (χ4n) is 3.62. The Morgan fingerprint density at radius 1 is 1.13 bits per heavy atom. The largest absolute Gasteiger partial charge is 0.390 e. The van der Waals surface area contributed by atoms with E-state index in [4.69, 9.17) is 5.73 Å². The molecule has 0 saturated heterocycles. The highest BCUT2D eigenvalue weighted by Gasteiger charge is 2.32. The number of aliphatic hydroxyl groups is 1. The monoisotopic (exact) mass is 403 g/mol. The van der Waals surface area contributed by atoms with Crippen LogP contribution >= 0.6 is 0 Å². The highest BCUT2D eigenvalue weighted by Crippen LogP contribution is 2.31. The van der Waals surface area contributed by atoms with E-state index in [0.29, 0.717) is 23.2 Å². The Morgan fingerprint density at radius 3 is 2.73 bits per heavy atom. The minimum atomic E-state index is -0.674. The molecule has 1 aliphatic carbocycles. The normalized spacial score (nSPS) is 17.3. The third kappa shape index (κ3) is 3.60. The van der Waals surface area contributed by atoms with E-state index >= 15 is 0 Å². The van der Waals surface area contributed by atoms with E-state index in [0.717, 1.165) is 11.1 Å². The molecule has 30 heavy (non-hydrogen) atoms. The summed E-state index contributed by atoms with van der Waals surface area (Å²) < 4.78 is 0. The van der Waals surface area contributed by atoms with Crippen molar-refractivity contribution < 1.29 is 14.7 Å². The number of amides is 2. The first-order valence-corrected chi connectivity index (χ1v) is 9.49. The van der Waals surface area contributed by atoms with Gasteiger partial charge in [0.1, 0.15) is 0 Å². The SMILES string of the molecule is CNC(=O)c1nc(-c2cccc(C(=O)N[C@@H]3c4ccccc4C[C@@H]3O)c2)cnc1N. The van der Waals surface area contributed by atoms with E-state index in [2.05, 4.69) is 20.6 Å². The van der Waals surface area contributed by atoms with Crippen LogP contribution in [0, 0.1) is 0 Å². The lowest BCUT2D eigenvalue weighted by atomic mass is 10.1. The van der Waals surface area contributed by atoms with E-state index < -0.39 is 18.1 Å². The number of nitrogens with one attached hydrogen (secondary N) is 2. The molecule has 8 nitrogen and oxygen atoms in total. The van der Waals surface area contributed by atoms with Crippen molar-refractivity contribution in [3.05, 3.63) is 77.1 Å². The van der Waals surface area contributed by atoms with Crippen molar-refractivity contribution in [1.82, 2.24) is 20.6 Å². The van der Waals surface area contributed by atoms with Gasteiger partial charge in [0.25, 0.3) is 11.8 Å². The van der Waals surface area contributed by atoms with Crippen LogP contribution in [-0.4, -0.2) is 40.0 Å². The number of nitrogens with zero attached hydrogens (tertiary/aromatic N) is 2. The molecule has 3 aromatic rings. The van der Waals surface area contributed by atoms with Crippen LogP contribution < -0.4 is 16.4 Å². The number of aliphatic hydroxyl groups excluding tert-OH is 1. The van der Waals surface area contributed by atoms with Gasteiger partial charge in [-0.25, -0.2) is 9.97 Å². The molecule has 0 fully saturated rings. The maximum atomic E-state index is 12.9. The number of hydrogen-bond acceptors (Lipinski definition) is 6. The van der Waals surface area contributed by atoms with Gasteiger partial charge in [-0.2, -0.15) is 0 Å². The van der Waals surface area contributed by atoms with Crippen LogP contribution in [0.2, 0.25) is 0 Å². The van der Waals surface area contributed by atoms with Crippen molar-refractivity contribution in [2.75, 3.05) is 12.8 Å². The molecule has 2 atom stereocenters. The van der Waals surface area contributed by atoms with E-state index in [9.17, 15) is 14.7 Å². The number of hydrogen-bond donors (Lipinski definition) is 4. The van der Waals surface area contributed by atoms with Crippen molar-refractivity contribution in [3.63, 3.8) is 0 Å². The summed E-state index contributed by atoms with van der Waals surface area (Å²) in [4.78, 5) is 33.1. The number of rotatable bonds is 4. The number of anilines is 1. The van der Waals surface area contributed by atoms with Gasteiger partial charge in [-0.05, 0) is 23.3 Å². The fourth-order valence-corrected chi connectivity index (χ4v) is 3.62. The van der Waals surface area contributed by atoms with Crippen LogP contribution in [0.15, 0.2) is 54.7 Å². The minimum Gasteiger partial charge on any atom is -0.390 e. The molecule has 4 rings (SSSR count). The summed E-state index contributed by atoms with van der Waals surface area (Å²) in [5.41, 5.74) is 9.17. The molecule has 152 valence electrons. The van der Waals surface area contributed by atoms with E-state index in [1.165, 1.54) is 13.2 Å². The summed E-state index contributed by atoms with van der Waals surface area (Å²) in [7, 11) is 1.48. The number of aromatic nitrogens is 2. The van der Waals surface area contributed by atoms with Gasteiger partial charge >= 0.3 is 0 Å². The first-order chi connectivity index (χ1) is 14.5. The number of fused-ring (bicyclic) bond motifs is 1. The summed E-state index contributed by atoms with van der Waals surface area (Å²) in [6, 6.07) is 14.0. The molecular formula is C22H21N5O3. The number of carbonyl (C=O) groups is 2. The maximum Gasteiger partial charge on any atom is 0.273 e. The topological polar surface area (TPSA) is 130 Å². The van der Waals surface area contributed by atoms with Crippen LogP contribution in [0.4, 0.5) is 5.82 Å². The minimum absolute atomic E-state index is 0.0236. The van der Waals surface area contributed by atoms with Gasteiger partial charge in [0.2, 0.25) is 0 Å². The molecule has 0 bridgehead atoms. The van der Waals surface area contributed by atoms with Crippen LogP contribution in [0.5, 0.6) is 0 Å². The Bertz CT molecular complexity index is 1130. The van der Waals surface area contributed by atoms with Crippen LogP contribution in [0.3, 0.4) is 0 Å². The molecule has 8 heteroatoms. The summed E-state index contributed by atoms with van der Waals surface area (Å²) in [6.07, 6.45) is 1.29. The number of nitrogens with two attached hydrogens (primary N) is 1. The first-order valence-electron chi connectivity index (χ1n) is 9.49. The van der Waals surface area contributed by atoms with E-state index in [1.807, 2.05) is 24.3 Å². The standard InChI is InChI=1S/C22H21N5O3/c1-24-22(30)19-20(23)25-11-16(26-19)13-6-4-7-14(9-13)21(29)27-18-15-8-3-2-5-12(15)10-17(18)28/h2-9,11,17-18,28H,10H2,1H3,(H2,23,25)(H,24,30)(H,27,29)/t17-,18+/m0/s1. The first kappa shape index (κ1) is 19.5. The van der Waals surface area contributed by atoms with Gasteiger partial charge in [0.15, 0.2) is 11.5 Å². The molecule has 1 aromatic heterocycles. The summed E-state index contributed by atoms with van der Waals surface area (Å²) in [5, 5.41) is 15.8. The lowest BCUT2D eigenvalue weighted by Gasteiger charge is -2.18. The average Bonchev–Trinajstić information content (AvgIpc) is 3.08. The Hall–Kier alpha value is -3.78. The lowest BCUT2D eigenvalue weighted by molar-refractivity contribution is 0.0858. The zero-order valence-electron chi connectivity index (χ0n) is 16.3. The number of nitrogen functional groups attached to an aromatic ring is 1. The van der Waals surface area contributed by atoms with Gasteiger partial charge in [-0.3, -0.25) is 9.59 Å². The average molecular weight is 403 g/mol. The molecule has 1 heterocycles. The Morgan fingerprint density at radius 2 is 1.93 bits per heavy atom. The van der Waals surface area contributed by atoms with Gasteiger partial charge in [0, 0.05) is 24.6 Å². The Labute approximate surface area is 173 Å². The van der Waals surface area contributed by atoms with Gasteiger partial charge in [-0.15, -0.1) is 0 Å². The smallest absolute Gasteiger partial charge is 0.273 e. The second-order valence-corrected chi connectivity index (χ2v) is 7.07. The summed E-state index contributed by atoms with van der Waals surface area (Å²) >= 11 is 0. The zero-order chi connectivity index (χ0) is 21.3. The van der Waals surface area contributed by atoms with Crippen LogP contribution in [0.1, 0.15) is 38.0 Å². The molecule has 5 N–H and O–H groups in total. The fraction of sp³-hybridized carbons (Fsp3) is 0.182. The van der Waals surface area contributed by atoms with E-state index in [1.54, 1.807) is 24.3 Å². The zero-order valence-corrected chi connectivity index (χ0v) is 16.3. The molecule has 0 saturated carbocycles. The summed E-state index contributed by atoms with van der Waals surface area (Å²) in [6.45, 7) is 0. The molecule has 2 aromatic carbocycles. The van der Waals surface area contributed by atoms with Gasteiger partial charge < -0.3 is 21.5 Å². The van der Waals surface area contributed by atoms with E-state index in [-0.39, 0.29) is 17.4 Å². The van der Waals surface area contributed by atoms with Crippen molar-refractivity contribution in [2.24, 2.45) is 0 Å². The van der Waals surface area contributed by atoms with Crippen molar-refractivity contribution in [1.29, 1.82) is 0 Å². The number of carbonyl (C=O) groups excluding carboxylic acids is 2. The van der Waals surface area contributed by atoms with Crippen molar-refractivity contribution >= 4 is 17.6 Å². The van der Waals surface area contributed by atoms with Gasteiger partial charge in [-0.1, -0.05) is 36.4 Å². The molecular weight excluding hydrogens is 382 g/mol. The molecule has 0 radical (unpaired) electrons. The Balaban J connectivity index is 1.60. The van der Waals surface area contributed by atoms with Crippen molar-refractivity contribution in [3.8, 4) is 11.3 Å². The van der Waals surface area contributed by atoms with Crippen LogP contribution in [-0.2, 0) is 6.42 Å². The Kier molecular flexibility index (Phi) is 5.16. The second-order valence-electron chi connectivity index (χ2n) is 7.07.